The Morgan fingerprint density at radius 3 is 2.12 bits per heavy atom. The van der Waals surface area contributed by atoms with Gasteiger partial charge in [0.15, 0.2) is 0 Å². The molecule has 2 aromatic carbocycles. The largest absolute Gasteiger partial charge is 0.339 e. The highest BCUT2D eigenvalue weighted by Crippen LogP contribution is 2.46. The summed E-state index contributed by atoms with van der Waals surface area (Å²) in [7, 11) is 0. The molecule has 4 heteroatoms. The molecule has 0 spiro atoms. The number of nitrogens with zero attached hydrogens (tertiary/aromatic N) is 1. The van der Waals surface area contributed by atoms with Crippen LogP contribution in [-0.2, 0) is 21.7 Å². The van der Waals surface area contributed by atoms with Crippen molar-refractivity contribution >= 4 is 11.8 Å². The van der Waals surface area contributed by atoms with Crippen molar-refractivity contribution in [3.63, 3.8) is 0 Å². The second kappa shape index (κ2) is 5.97. The number of hydrogen-bond acceptors (Lipinski definition) is 2. The molecule has 2 amide bonds. The van der Waals surface area contributed by atoms with E-state index in [1.807, 2.05) is 74.5 Å². The lowest BCUT2D eigenvalue weighted by molar-refractivity contribution is -0.164. The molecule has 1 heterocycles. The molecular formula is C22H24N2O2. The number of amides is 2. The lowest BCUT2D eigenvalue weighted by atomic mass is 9.80. The Labute approximate surface area is 154 Å². The van der Waals surface area contributed by atoms with Crippen molar-refractivity contribution in [2.24, 2.45) is 5.92 Å². The van der Waals surface area contributed by atoms with Gasteiger partial charge in [0.25, 0.3) is 5.91 Å². The fourth-order valence-electron chi connectivity index (χ4n) is 4.00. The smallest absolute Gasteiger partial charge is 0.251 e. The first-order chi connectivity index (χ1) is 12.5. The predicted octanol–water partition coefficient (Wildman–Crippen LogP) is 3.23. The minimum absolute atomic E-state index is 0.00908. The van der Waals surface area contributed by atoms with Gasteiger partial charge in [0, 0.05) is 6.54 Å². The molecule has 1 N–H and O–H groups in total. The van der Waals surface area contributed by atoms with Gasteiger partial charge in [-0.15, -0.1) is 0 Å². The summed E-state index contributed by atoms with van der Waals surface area (Å²) in [5.41, 5.74) is 0.0263. The van der Waals surface area contributed by atoms with Crippen molar-refractivity contribution in [3.8, 4) is 0 Å². The Hall–Kier alpha value is -2.62. The number of nitrogens with one attached hydrogen (secondary N) is 1. The first-order valence-corrected chi connectivity index (χ1v) is 9.20. The quantitative estimate of drug-likeness (QED) is 0.922. The van der Waals surface area contributed by atoms with Gasteiger partial charge in [-0.1, -0.05) is 60.7 Å². The number of piperazine rings is 1. The van der Waals surface area contributed by atoms with E-state index in [1.54, 1.807) is 4.90 Å². The molecule has 1 saturated carbocycles. The average Bonchev–Trinajstić information content (AvgIpc) is 3.51. The second-order valence-corrected chi connectivity index (χ2v) is 7.75. The van der Waals surface area contributed by atoms with Crippen molar-refractivity contribution in [3.05, 3.63) is 71.8 Å². The summed E-state index contributed by atoms with van der Waals surface area (Å²) in [4.78, 5) is 28.7. The summed E-state index contributed by atoms with van der Waals surface area (Å²) in [5, 5.41) is 3.08. The van der Waals surface area contributed by atoms with Gasteiger partial charge in [-0.2, -0.15) is 0 Å². The number of benzene rings is 2. The highest BCUT2D eigenvalue weighted by molar-refractivity contribution is 6.02. The van der Waals surface area contributed by atoms with Crippen LogP contribution in [-0.4, -0.2) is 22.3 Å². The van der Waals surface area contributed by atoms with E-state index in [9.17, 15) is 9.59 Å². The molecule has 26 heavy (non-hydrogen) atoms. The minimum atomic E-state index is -1.03. The van der Waals surface area contributed by atoms with Gasteiger partial charge in [-0.05, 0) is 43.7 Å². The molecule has 2 fully saturated rings. The van der Waals surface area contributed by atoms with Gasteiger partial charge in [0.1, 0.15) is 11.1 Å². The molecule has 2 atom stereocenters. The Bertz CT molecular complexity index is 832. The summed E-state index contributed by atoms with van der Waals surface area (Å²) in [6.07, 6.45) is 1.98. The van der Waals surface area contributed by atoms with Crippen molar-refractivity contribution < 1.29 is 9.59 Å². The number of carbonyl (C=O) groups excluding carboxylic acids is 2. The molecular weight excluding hydrogens is 324 g/mol. The highest BCUT2D eigenvalue weighted by Gasteiger charge is 2.59. The van der Waals surface area contributed by atoms with Crippen LogP contribution in [0.4, 0.5) is 0 Å². The zero-order valence-corrected chi connectivity index (χ0v) is 15.2. The van der Waals surface area contributed by atoms with Crippen molar-refractivity contribution in [1.29, 1.82) is 0 Å². The molecule has 1 aliphatic heterocycles. The van der Waals surface area contributed by atoms with Crippen molar-refractivity contribution in [2.75, 3.05) is 0 Å². The number of hydrogen-bond donors (Lipinski definition) is 1. The molecule has 4 nitrogen and oxygen atoms in total. The van der Waals surface area contributed by atoms with Gasteiger partial charge in [-0.25, -0.2) is 0 Å². The maximum atomic E-state index is 13.6. The van der Waals surface area contributed by atoms with Crippen LogP contribution >= 0.6 is 0 Å². The lowest BCUT2D eigenvalue weighted by Gasteiger charge is -2.50. The van der Waals surface area contributed by atoms with E-state index in [1.165, 1.54) is 0 Å². The first kappa shape index (κ1) is 16.8. The Balaban J connectivity index is 1.80. The van der Waals surface area contributed by atoms with E-state index in [0.29, 0.717) is 6.54 Å². The monoisotopic (exact) mass is 348 g/mol. The summed E-state index contributed by atoms with van der Waals surface area (Å²) in [6.45, 7) is 4.15. The van der Waals surface area contributed by atoms with Gasteiger partial charge >= 0.3 is 0 Å². The van der Waals surface area contributed by atoms with Crippen molar-refractivity contribution in [1.82, 2.24) is 10.2 Å². The molecule has 2 aliphatic rings. The summed E-state index contributed by atoms with van der Waals surface area (Å²) in [5.74, 6) is 0.140. The van der Waals surface area contributed by atoms with E-state index in [4.69, 9.17) is 0 Å². The Morgan fingerprint density at radius 1 is 0.962 bits per heavy atom. The summed E-state index contributed by atoms with van der Waals surface area (Å²) in [6, 6.07) is 19.5. The van der Waals surface area contributed by atoms with E-state index in [2.05, 4.69) is 5.32 Å². The predicted molar refractivity (Wildman–Crippen MR) is 100 cm³/mol. The summed E-state index contributed by atoms with van der Waals surface area (Å²) < 4.78 is 0. The first-order valence-electron chi connectivity index (χ1n) is 9.20. The maximum absolute atomic E-state index is 13.6. The van der Waals surface area contributed by atoms with Crippen LogP contribution < -0.4 is 5.32 Å². The Kier molecular flexibility index (Phi) is 3.87. The molecule has 0 bridgehead atoms. The molecule has 4 rings (SSSR count). The summed E-state index contributed by atoms with van der Waals surface area (Å²) >= 11 is 0. The Morgan fingerprint density at radius 2 is 1.54 bits per heavy atom. The maximum Gasteiger partial charge on any atom is 0.251 e. The van der Waals surface area contributed by atoms with E-state index >= 15 is 0 Å². The van der Waals surface area contributed by atoms with Crippen LogP contribution in [0.15, 0.2) is 60.7 Å². The average molecular weight is 348 g/mol. The third-order valence-corrected chi connectivity index (χ3v) is 5.96. The number of rotatable bonds is 4. The van der Waals surface area contributed by atoms with Crippen LogP contribution in [0.1, 0.15) is 37.8 Å². The normalized spacial score (nSPS) is 28.8. The van der Waals surface area contributed by atoms with Crippen LogP contribution in [0.25, 0.3) is 0 Å². The topological polar surface area (TPSA) is 49.4 Å². The SMILES string of the molecule is CC1(C2CC2)NC(=O)C(C)(c2ccccc2)N(Cc2ccccc2)C1=O. The van der Waals surface area contributed by atoms with Gasteiger partial charge in [-0.3, -0.25) is 9.59 Å². The third-order valence-electron chi connectivity index (χ3n) is 5.96. The van der Waals surface area contributed by atoms with Gasteiger partial charge in [0.2, 0.25) is 5.91 Å². The van der Waals surface area contributed by atoms with E-state index in [-0.39, 0.29) is 17.7 Å². The third kappa shape index (κ3) is 2.52. The van der Waals surface area contributed by atoms with Crippen LogP contribution in [0, 0.1) is 5.92 Å². The van der Waals surface area contributed by atoms with Gasteiger partial charge < -0.3 is 10.2 Å². The fourth-order valence-corrected chi connectivity index (χ4v) is 4.00. The fraction of sp³-hybridized carbons (Fsp3) is 0.364. The highest BCUT2D eigenvalue weighted by atomic mass is 16.2. The molecule has 134 valence electrons. The van der Waals surface area contributed by atoms with E-state index < -0.39 is 11.1 Å². The molecule has 0 radical (unpaired) electrons. The van der Waals surface area contributed by atoms with Crippen molar-refractivity contribution in [2.45, 2.75) is 44.3 Å². The molecule has 2 unspecified atom stereocenters. The second-order valence-electron chi connectivity index (χ2n) is 7.75. The van der Waals surface area contributed by atoms with Gasteiger partial charge in [0.05, 0.1) is 0 Å². The zero-order valence-electron chi connectivity index (χ0n) is 15.2. The van der Waals surface area contributed by atoms with E-state index in [0.717, 1.165) is 24.0 Å². The zero-order chi connectivity index (χ0) is 18.4. The van der Waals surface area contributed by atoms with Crippen LogP contribution in [0.5, 0.6) is 0 Å². The molecule has 2 aromatic rings. The molecule has 1 aliphatic carbocycles. The lowest BCUT2D eigenvalue weighted by Crippen LogP contribution is -2.73. The standard InChI is InChI=1S/C22H24N2O2/c1-21(17-13-14-17)20(26)24(15-16-9-5-3-6-10-16)22(2,19(25)23-21)18-11-7-4-8-12-18/h3-12,17H,13-15H2,1-2H3,(H,23,25). The van der Waals surface area contributed by atoms with Crippen LogP contribution in [0.3, 0.4) is 0 Å². The molecule has 0 aromatic heterocycles. The number of carbonyl (C=O) groups is 2. The molecule has 1 saturated heterocycles. The minimum Gasteiger partial charge on any atom is -0.339 e. The van der Waals surface area contributed by atoms with Crippen LogP contribution in [0.2, 0.25) is 0 Å².